The van der Waals surface area contributed by atoms with Crippen molar-refractivity contribution < 1.29 is 18.5 Å². The van der Waals surface area contributed by atoms with Crippen LogP contribution < -0.4 is 10.1 Å². The fourth-order valence-electron chi connectivity index (χ4n) is 2.05. The van der Waals surface area contributed by atoms with Crippen LogP contribution in [0.15, 0.2) is 30.6 Å². The third kappa shape index (κ3) is 5.90. The van der Waals surface area contributed by atoms with Gasteiger partial charge in [0.1, 0.15) is 11.4 Å². The monoisotopic (exact) mass is 365 g/mol. The summed E-state index contributed by atoms with van der Waals surface area (Å²) in [5.74, 6) is 0.446. The van der Waals surface area contributed by atoms with Crippen LogP contribution in [-0.2, 0) is 22.6 Å². The third-order valence-corrected chi connectivity index (χ3v) is 3.49. The Labute approximate surface area is 149 Å². The second-order valence-electron chi connectivity index (χ2n) is 6.58. The lowest BCUT2D eigenvalue weighted by Crippen LogP contribution is -2.27. The van der Waals surface area contributed by atoms with E-state index in [0.29, 0.717) is 11.4 Å². The highest BCUT2D eigenvalue weighted by molar-refractivity contribution is 7.84. The van der Waals surface area contributed by atoms with E-state index in [2.05, 4.69) is 10.4 Å². The Kier molecular flexibility index (Phi) is 5.84. The van der Waals surface area contributed by atoms with Crippen LogP contribution in [0.1, 0.15) is 20.8 Å². The molecule has 1 aromatic heterocycles. The van der Waals surface area contributed by atoms with Gasteiger partial charge < -0.3 is 9.47 Å². The van der Waals surface area contributed by atoms with E-state index in [9.17, 15) is 9.00 Å². The standard InChI is InChI=1S/C17H23N3O4S/c1-17(2,3)24-16(21)19-14-7-6-12(13-9-18-20(4)10-13)8-15(14)23-11-25(5)22/h6-10H,11H2,1-5H3,(H,19,21). The summed E-state index contributed by atoms with van der Waals surface area (Å²) >= 11 is 0. The minimum absolute atomic E-state index is 0.0273. The molecule has 7 nitrogen and oxygen atoms in total. The molecule has 1 heterocycles. The van der Waals surface area contributed by atoms with Gasteiger partial charge in [-0.3, -0.25) is 14.2 Å². The lowest BCUT2D eigenvalue weighted by molar-refractivity contribution is 0.0635. The molecule has 1 amide bonds. The molecular weight excluding hydrogens is 342 g/mol. The van der Waals surface area contributed by atoms with Crippen LogP contribution in [-0.4, -0.2) is 37.9 Å². The fraction of sp³-hybridized carbons (Fsp3) is 0.412. The van der Waals surface area contributed by atoms with Crippen molar-refractivity contribution in [2.45, 2.75) is 26.4 Å². The van der Waals surface area contributed by atoms with E-state index in [1.54, 1.807) is 50.0 Å². The number of aromatic nitrogens is 2. The number of carbonyl (C=O) groups excluding carboxylic acids is 1. The highest BCUT2D eigenvalue weighted by atomic mass is 32.2. The van der Waals surface area contributed by atoms with Gasteiger partial charge in [-0.2, -0.15) is 5.10 Å². The minimum Gasteiger partial charge on any atom is -0.478 e. The first kappa shape index (κ1) is 19.0. The molecule has 0 spiro atoms. The van der Waals surface area contributed by atoms with E-state index in [1.165, 1.54) is 0 Å². The van der Waals surface area contributed by atoms with Gasteiger partial charge in [0.15, 0.2) is 5.94 Å². The van der Waals surface area contributed by atoms with Crippen molar-refractivity contribution in [3.8, 4) is 16.9 Å². The highest BCUT2D eigenvalue weighted by Crippen LogP contribution is 2.31. The number of anilines is 1. The molecule has 0 bridgehead atoms. The van der Waals surface area contributed by atoms with Crippen LogP contribution in [0, 0.1) is 0 Å². The zero-order chi connectivity index (χ0) is 18.6. The Balaban J connectivity index is 2.28. The molecule has 1 atom stereocenters. The summed E-state index contributed by atoms with van der Waals surface area (Å²) in [5, 5.41) is 6.81. The molecule has 0 fully saturated rings. The number of amides is 1. The van der Waals surface area contributed by atoms with E-state index in [0.717, 1.165) is 11.1 Å². The van der Waals surface area contributed by atoms with Gasteiger partial charge in [0, 0.05) is 25.1 Å². The zero-order valence-corrected chi connectivity index (χ0v) is 15.8. The maximum absolute atomic E-state index is 12.0. The van der Waals surface area contributed by atoms with Gasteiger partial charge in [0.2, 0.25) is 0 Å². The second-order valence-corrected chi connectivity index (χ2v) is 7.96. The molecule has 0 saturated heterocycles. The van der Waals surface area contributed by atoms with E-state index in [1.807, 2.05) is 19.3 Å². The summed E-state index contributed by atoms with van der Waals surface area (Å²) in [6.45, 7) is 5.36. The van der Waals surface area contributed by atoms with Crippen LogP contribution >= 0.6 is 0 Å². The fourth-order valence-corrected chi connectivity index (χ4v) is 2.35. The number of hydrogen-bond donors (Lipinski definition) is 1. The molecule has 8 heteroatoms. The van der Waals surface area contributed by atoms with Crippen molar-refractivity contribution in [2.75, 3.05) is 17.5 Å². The number of benzene rings is 1. The van der Waals surface area contributed by atoms with E-state index < -0.39 is 22.5 Å². The molecule has 2 rings (SSSR count). The summed E-state index contributed by atoms with van der Waals surface area (Å²) < 4.78 is 23.9. The van der Waals surface area contributed by atoms with Gasteiger partial charge in [0.25, 0.3) is 0 Å². The molecule has 1 aromatic carbocycles. The number of nitrogens with zero attached hydrogens (tertiary/aromatic N) is 2. The van der Waals surface area contributed by atoms with Crippen molar-refractivity contribution in [1.29, 1.82) is 0 Å². The quantitative estimate of drug-likeness (QED) is 0.880. The number of nitrogens with one attached hydrogen (secondary N) is 1. The maximum atomic E-state index is 12.0. The molecule has 0 aliphatic carbocycles. The first-order valence-corrected chi connectivity index (χ1v) is 9.42. The Bertz CT molecular complexity index is 780. The van der Waals surface area contributed by atoms with E-state index in [4.69, 9.17) is 9.47 Å². The Hall–Kier alpha value is -2.35. The topological polar surface area (TPSA) is 82.5 Å². The Morgan fingerprint density at radius 3 is 2.60 bits per heavy atom. The van der Waals surface area contributed by atoms with Crippen LogP contribution in [0.2, 0.25) is 0 Å². The molecular formula is C17H23N3O4S. The number of rotatable bonds is 5. The second kappa shape index (κ2) is 7.69. The number of hydrogen-bond acceptors (Lipinski definition) is 5. The first-order chi connectivity index (χ1) is 11.6. The maximum Gasteiger partial charge on any atom is 0.412 e. The predicted octanol–water partition coefficient (Wildman–Crippen LogP) is 3.15. The van der Waals surface area contributed by atoms with Crippen LogP contribution in [0.4, 0.5) is 10.5 Å². The molecule has 0 saturated carbocycles. The molecule has 136 valence electrons. The molecule has 25 heavy (non-hydrogen) atoms. The molecule has 1 N–H and O–H groups in total. The van der Waals surface area contributed by atoms with Gasteiger partial charge in [-0.1, -0.05) is 6.07 Å². The highest BCUT2D eigenvalue weighted by Gasteiger charge is 2.18. The van der Waals surface area contributed by atoms with Gasteiger partial charge in [0.05, 0.1) is 22.7 Å². The molecule has 0 aliphatic rings. The largest absolute Gasteiger partial charge is 0.478 e. The summed E-state index contributed by atoms with van der Waals surface area (Å²) in [7, 11) is 0.700. The lowest BCUT2D eigenvalue weighted by Gasteiger charge is -2.20. The summed E-state index contributed by atoms with van der Waals surface area (Å²) in [5.41, 5.74) is 1.63. The summed E-state index contributed by atoms with van der Waals surface area (Å²) in [6, 6.07) is 5.34. The summed E-state index contributed by atoms with van der Waals surface area (Å²) in [6.07, 6.45) is 4.58. The van der Waals surface area contributed by atoms with Crippen LogP contribution in [0.5, 0.6) is 5.75 Å². The lowest BCUT2D eigenvalue weighted by atomic mass is 10.1. The van der Waals surface area contributed by atoms with Gasteiger partial charge in [-0.15, -0.1) is 0 Å². The van der Waals surface area contributed by atoms with Crippen molar-refractivity contribution in [3.05, 3.63) is 30.6 Å². The van der Waals surface area contributed by atoms with Crippen LogP contribution in [0.3, 0.4) is 0 Å². The average molecular weight is 365 g/mol. The van der Waals surface area contributed by atoms with Gasteiger partial charge in [-0.05, 0) is 38.5 Å². The predicted molar refractivity (Wildman–Crippen MR) is 98.1 cm³/mol. The third-order valence-electron chi connectivity index (χ3n) is 3.04. The van der Waals surface area contributed by atoms with E-state index >= 15 is 0 Å². The Morgan fingerprint density at radius 1 is 1.32 bits per heavy atom. The SMILES string of the molecule is Cn1cc(-c2ccc(NC(=O)OC(C)(C)C)c(OCS(C)=O)c2)cn1. The molecule has 0 aliphatic heterocycles. The number of carbonyl (C=O) groups is 1. The molecule has 0 radical (unpaired) electrons. The normalized spacial score (nSPS) is 12.5. The number of ether oxygens (including phenoxy) is 2. The molecule has 1 unspecified atom stereocenters. The number of aryl methyl sites for hydroxylation is 1. The first-order valence-electron chi connectivity index (χ1n) is 7.70. The van der Waals surface area contributed by atoms with Crippen molar-refractivity contribution >= 4 is 22.6 Å². The van der Waals surface area contributed by atoms with E-state index in [-0.39, 0.29) is 5.94 Å². The van der Waals surface area contributed by atoms with Gasteiger partial charge in [-0.25, -0.2) is 4.79 Å². The summed E-state index contributed by atoms with van der Waals surface area (Å²) in [4.78, 5) is 12.0. The zero-order valence-electron chi connectivity index (χ0n) is 15.0. The smallest absolute Gasteiger partial charge is 0.412 e. The van der Waals surface area contributed by atoms with Crippen molar-refractivity contribution in [3.63, 3.8) is 0 Å². The average Bonchev–Trinajstić information content (AvgIpc) is 2.90. The van der Waals surface area contributed by atoms with Gasteiger partial charge >= 0.3 is 6.09 Å². The Morgan fingerprint density at radius 2 is 2.04 bits per heavy atom. The van der Waals surface area contributed by atoms with Crippen molar-refractivity contribution in [1.82, 2.24) is 9.78 Å². The van der Waals surface area contributed by atoms with Crippen LogP contribution in [0.25, 0.3) is 11.1 Å². The van der Waals surface area contributed by atoms with Crippen molar-refractivity contribution in [2.24, 2.45) is 7.05 Å². The minimum atomic E-state index is -1.13. The molecule has 2 aromatic rings.